The molecule has 2 aromatic rings. The molecule has 2 nitrogen and oxygen atoms in total. The molecule has 0 aliphatic carbocycles. The predicted octanol–water partition coefficient (Wildman–Crippen LogP) is 4.59. The second kappa shape index (κ2) is 7.51. The van der Waals surface area contributed by atoms with Gasteiger partial charge in [0, 0.05) is 36.4 Å². The van der Waals surface area contributed by atoms with E-state index < -0.39 is 0 Å². The molecule has 0 fully saturated rings. The number of aryl methyl sites for hydroxylation is 1. The summed E-state index contributed by atoms with van der Waals surface area (Å²) in [4.78, 5) is 1.45. The van der Waals surface area contributed by atoms with E-state index in [1.807, 2.05) is 11.3 Å². The predicted molar refractivity (Wildman–Crippen MR) is 83.5 cm³/mol. The maximum absolute atomic E-state index is 3.69. The van der Waals surface area contributed by atoms with Gasteiger partial charge in [0.15, 0.2) is 0 Å². The van der Waals surface area contributed by atoms with Gasteiger partial charge >= 0.3 is 0 Å². The maximum atomic E-state index is 3.69. The van der Waals surface area contributed by atoms with Crippen molar-refractivity contribution in [3.05, 3.63) is 46.4 Å². The Hall–Kier alpha value is -1.06. The standard InChI is InChI=1S/C16H24N2S/c1-3-6-15(16-7-5-11-19-16)17-12-14-8-10-18(13-14)9-4-2/h5,7-8,10-11,13,15,17H,3-4,6,9,12H2,1-2H3. The molecule has 1 atom stereocenters. The third-order valence-corrected chi connectivity index (χ3v) is 4.30. The Morgan fingerprint density at radius 1 is 1.26 bits per heavy atom. The van der Waals surface area contributed by atoms with Gasteiger partial charge in [0.2, 0.25) is 0 Å². The molecule has 0 spiro atoms. The van der Waals surface area contributed by atoms with E-state index in [9.17, 15) is 0 Å². The van der Waals surface area contributed by atoms with Gasteiger partial charge in [-0.05, 0) is 35.9 Å². The zero-order chi connectivity index (χ0) is 13.5. The molecule has 0 radical (unpaired) electrons. The molecular formula is C16H24N2S. The number of nitrogens with one attached hydrogen (secondary N) is 1. The second-order valence-corrected chi connectivity index (χ2v) is 5.97. The lowest BCUT2D eigenvalue weighted by molar-refractivity contribution is 0.500. The molecule has 0 aliphatic rings. The second-order valence-electron chi connectivity index (χ2n) is 5.00. The van der Waals surface area contributed by atoms with E-state index in [1.165, 1.54) is 29.7 Å². The van der Waals surface area contributed by atoms with Crippen LogP contribution in [0, 0.1) is 0 Å². The fraction of sp³-hybridized carbons (Fsp3) is 0.500. The molecule has 2 heterocycles. The van der Waals surface area contributed by atoms with Crippen LogP contribution < -0.4 is 5.32 Å². The van der Waals surface area contributed by atoms with E-state index in [-0.39, 0.29) is 0 Å². The van der Waals surface area contributed by atoms with Crippen molar-refractivity contribution in [3.8, 4) is 0 Å². The van der Waals surface area contributed by atoms with Gasteiger partial charge in [-0.25, -0.2) is 0 Å². The first-order chi connectivity index (χ1) is 9.33. The Morgan fingerprint density at radius 2 is 2.16 bits per heavy atom. The zero-order valence-corrected chi connectivity index (χ0v) is 12.7. The minimum absolute atomic E-state index is 0.500. The fourth-order valence-electron chi connectivity index (χ4n) is 2.36. The Kier molecular flexibility index (Phi) is 5.67. The summed E-state index contributed by atoms with van der Waals surface area (Å²) in [7, 11) is 0. The smallest absolute Gasteiger partial charge is 0.0417 e. The Bertz CT molecular complexity index is 459. The topological polar surface area (TPSA) is 17.0 Å². The van der Waals surface area contributed by atoms with Crippen molar-refractivity contribution in [2.75, 3.05) is 0 Å². The fourth-order valence-corrected chi connectivity index (χ4v) is 3.19. The van der Waals surface area contributed by atoms with Crippen LogP contribution in [0.5, 0.6) is 0 Å². The third kappa shape index (κ3) is 4.22. The van der Waals surface area contributed by atoms with Crippen LogP contribution in [-0.2, 0) is 13.1 Å². The average Bonchev–Trinajstić information content (AvgIpc) is 3.06. The van der Waals surface area contributed by atoms with Crippen molar-refractivity contribution in [3.63, 3.8) is 0 Å². The Balaban J connectivity index is 1.90. The molecule has 1 unspecified atom stereocenters. The van der Waals surface area contributed by atoms with E-state index in [4.69, 9.17) is 0 Å². The van der Waals surface area contributed by atoms with Crippen molar-refractivity contribution >= 4 is 11.3 Å². The minimum atomic E-state index is 0.500. The number of aromatic nitrogens is 1. The van der Waals surface area contributed by atoms with Gasteiger partial charge in [0.1, 0.15) is 0 Å². The van der Waals surface area contributed by atoms with Crippen LogP contribution in [0.25, 0.3) is 0 Å². The quantitative estimate of drug-likeness (QED) is 0.746. The molecule has 0 bridgehead atoms. The molecule has 19 heavy (non-hydrogen) atoms. The first-order valence-corrected chi connectivity index (χ1v) is 8.13. The summed E-state index contributed by atoms with van der Waals surface area (Å²) in [6.07, 6.45) is 8.05. The first-order valence-electron chi connectivity index (χ1n) is 7.25. The van der Waals surface area contributed by atoms with Crippen molar-refractivity contribution in [1.29, 1.82) is 0 Å². The van der Waals surface area contributed by atoms with Crippen molar-refractivity contribution < 1.29 is 0 Å². The van der Waals surface area contributed by atoms with E-state index in [1.54, 1.807) is 0 Å². The van der Waals surface area contributed by atoms with Gasteiger partial charge in [-0.15, -0.1) is 11.3 Å². The largest absolute Gasteiger partial charge is 0.354 e. The summed E-state index contributed by atoms with van der Waals surface area (Å²) < 4.78 is 2.27. The van der Waals surface area contributed by atoms with Crippen LogP contribution in [0.2, 0.25) is 0 Å². The van der Waals surface area contributed by atoms with Crippen molar-refractivity contribution in [2.45, 2.75) is 52.2 Å². The molecule has 104 valence electrons. The van der Waals surface area contributed by atoms with E-state index in [0.29, 0.717) is 6.04 Å². The average molecular weight is 276 g/mol. The molecule has 0 aliphatic heterocycles. The summed E-state index contributed by atoms with van der Waals surface area (Å²) in [5.74, 6) is 0. The van der Waals surface area contributed by atoms with Crippen LogP contribution >= 0.6 is 11.3 Å². The first kappa shape index (κ1) is 14.4. The highest BCUT2D eigenvalue weighted by Crippen LogP contribution is 2.23. The van der Waals surface area contributed by atoms with Crippen LogP contribution in [0.15, 0.2) is 36.0 Å². The SMILES string of the molecule is CCCC(NCc1ccn(CCC)c1)c1cccs1. The molecule has 2 aromatic heterocycles. The number of rotatable bonds is 8. The lowest BCUT2D eigenvalue weighted by Gasteiger charge is -2.16. The normalized spacial score (nSPS) is 12.7. The summed E-state index contributed by atoms with van der Waals surface area (Å²) in [5.41, 5.74) is 1.38. The highest BCUT2D eigenvalue weighted by Gasteiger charge is 2.11. The Labute approximate surface area is 120 Å². The number of hydrogen-bond donors (Lipinski definition) is 1. The van der Waals surface area contributed by atoms with Crippen molar-refractivity contribution in [2.24, 2.45) is 0 Å². The number of hydrogen-bond acceptors (Lipinski definition) is 2. The molecule has 0 saturated carbocycles. The molecule has 2 rings (SSSR count). The zero-order valence-electron chi connectivity index (χ0n) is 11.9. The van der Waals surface area contributed by atoms with Gasteiger partial charge in [0.05, 0.1) is 0 Å². The van der Waals surface area contributed by atoms with E-state index in [0.717, 1.165) is 13.1 Å². The van der Waals surface area contributed by atoms with Gasteiger partial charge in [-0.1, -0.05) is 26.3 Å². The van der Waals surface area contributed by atoms with Crippen molar-refractivity contribution in [1.82, 2.24) is 9.88 Å². The molecule has 3 heteroatoms. The summed E-state index contributed by atoms with van der Waals surface area (Å²) in [5, 5.41) is 5.86. The molecule has 0 saturated heterocycles. The lowest BCUT2D eigenvalue weighted by Crippen LogP contribution is -2.19. The number of thiophene rings is 1. The lowest BCUT2D eigenvalue weighted by atomic mass is 10.1. The van der Waals surface area contributed by atoms with E-state index in [2.05, 4.69) is 59.7 Å². The minimum Gasteiger partial charge on any atom is -0.354 e. The summed E-state index contributed by atoms with van der Waals surface area (Å²) in [6, 6.07) is 7.10. The highest BCUT2D eigenvalue weighted by atomic mass is 32.1. The maximum Gasteiger partial charge on any atom is 0.0417 e. The van der Waals surface area contributed by atoms with Gasteiger partial charge in [-0.3, -0.25) is 0 Å². The molecule has 1 N–H and O–H groups in total. The molecule has 0 amide bonds. The van der Waals surface area contributed by atoms with Gasteiger partial charge < -0.3 is 9.88 Å². The van der Waals surface area contributed by atoms with Crippen LogP contribution in [0.1, 0.15) is 49.6 Å². The van der Waals surface area contributed by atoms with Crippen LogP contribution in [0.4, 0.5) is 0 Å². The summed E-state index contributed by atoms with van der Waals surface area (Å²) >= 11 is 1.85. The highest BCUT2D eigenvalue weighted by molar-refractivity contribution is 7.10. The van der Waals surface area contributed by atoms with Gasteiger partial charge in [-0.2, -0.15) is 0 Å². The number of nitrogens with zero attached hydrogens (tertiary/aromatic N) is 1. The van der Waals surface area contributed by atoms with Crippen LogP contribution in [0.3, 0.4) is 0 Å². The van der Waals surface area contributed by atoms with Crippen LogP contribution in [-0.4, -0.2) is 4.57 Å². The Morgan fingerprint density at radius 3 is 2.84 bits per heavy atom. The van der Waals surface area contributed by atoms with Gasteiger partial charge in [0.25, 0.3) is 0 Å². The monoisotopic (exact) mass is 276 g/mol. The molecule has 0 aromatic carbocycles. The third-order valence-electron chi connectivity index (χ3n) is 3.31. The summed E-state index contributed by atoms with van der Waals surface area (Å²) in [6.45, 7) is 6.54. The molecular weight excluding hydrogens is 252 g/mol. The van der Waals surface area contributed by atoms with E-state index >= 15 is 0 Å².